The molecule has 5 rings (SSSR count). The van der Waals surface area contributed by atoms with Gasteiger partial charge in [0.05, 0.1) is 22.8 Å². The van der Waals surface area contributed by atoms with Crippen LogP contribution in [0.1, 0.15) is 18.9 Å². The molecular weight excluding hydrogens is 450 g/mol. The first-order chi connectivity index (χ1) is 16.5. The van der Waals surface area contributed by atoms with Gasteiger partial charge in [0.2, 0.25) is 0 Å². The molecule has 34 heavy (non-hydrogen) atoms. The van der Waals surface area contributed by atoms with Crippen LogP contribution >= 0.6 is 0 Å². The van der Waals surface area contributed by atoms with Gasteiger partial charge in [0.1, 0.15) is 24.1 Å². The molecule has 174 valence electrons. The Labute approximate surface area is 197 Å². The lowest BCUT2D eigenvalue weighted by molar-refractivity contribution is 0.301. The molecule has 3 heterocycles. The normalized spacial score (nSPS) is 11.9. The number of pyridine rings is 1. The summed E-state index contributed by atoms with van der Waals surface area (Å²) in [5, 5.41) is 6.05. The Balaban J connectivity index is 1.58. The molecule has 0 bridgehead atoms. The fraction of sp³-hybridized carbons (Fsp3) is 0.240. The molecule has 0 amide bonds. The Hall–Kier alpha value is -3.72. The lowest BCUT2D eigenvalue weighted by Crippen LogP contribution is -2.05. The van der Waals surface area contributed by atoms with Gasteiger partial charge in [0.25, 0.3) is 0 Å². The molecule has 0 aliphatic heterocycles. The fourth-order valence-corrected chi connectivity index (χ4v) is 5.03. The number of sulfone groups is 1. The Morgan fingerprint density at radius 1 is 1.15 bits per heavy atom. The van der Waals surface area contributed by atoms with E-state index in [1.165, 1.54) is 6.33 Å². The number of rotatable bonds is 8. The van der Waals surface area contributed by atoms with Gasteiger partial charge in [0.15, 0.2) is 9.84 Å². The quantitative estimate of drug-likeness (QED) is 0.330. The molecule has 0 fully saturated rings. The highest BCUT2D eigenvalue weighted by molar-refractivity contribution is 7.91. The second-order valence-electron chi connectivity index (χ2n) is 8.19. The Kier molecular flexibility index (Phi) is 5.79. The Bertz CT molecular complexity index is 1570. The summed E-state index contributed by atoms with van der Waals surface area (Å²) in [7, 11) is -3.32. The Morgan fingerprint density at radius 3 is 2.82 bits per heavy atom. The first kappa shape index (κ1) is 22.1. The van der Waals surface area contributed by atoms with Crippen molar-refractivity contribution in [2.24, 2.45) is 0 Å². The minimum atomic E-state index is -3.32. The molecular formula is C25H25N5O3S. The number of aromatic amines is 1. The average molecular weight is 476 g/mol. The molecule has 8 nitrogen and oxygen atoms in total. The van der Waals surface area contributed by atoms with Gasteiger partial charge in [-0.25, -0.2) is 18.4 Å². The lowest BCUT2D eigenvalue weighted by atomic mass is 9.99. The molecule has 0 saturated carbocycles. The van der Waals surface area contributed by atoms with Crippen molar-refractivity contribution in [1.29, 1.82) is 0 Å². The molecule has 5 aromatic rings. The standard InChI is InChI=1S/C25H25N5O3S/c1-3-34(31,32)19-7-4-6-18(13-19)20-8-9-22(33-11-5-10-30-16-26-15-28-30)24-23(20)21-12-17(2)14-27-25(21)29-24/h4,6-9,12-16H,3,5,10-11H2,1-2H3,(H,27,29). The van der Waals surface area contributed by atoms with Crippen molar-refractivity contribution in [3.63, 3.8) is 0 Å². The van der Waals surface area contributed by atoms with E-state index in [1.807, 2.05) is 31.3 Å². The first-order valence-corrected chi connectivity index (χ1v) is 12.8. The molecule has 2 aromatic carbocycles. The smallest absolute Gasteiger partial charge is 0.178 e. The van der Waals surface area contributed by atoms with Gasteiger partial charge >= 0.3 is 0 Å². The van der Waals surface area contributed by atoms with Crippen molar-refractivity contribution in [2.45, 2.75) is 31.7 Å². The predicted molar refractivity (Wildman–Crippen MR) is 132 cm³/mol. The van der Waals surface area contributed by atoms with Crippen LogP contribution in [0.5, 0.6) is 5.75 Å². The van der Waals surface area contributed by atoms with E-state index in [-0.39, 0.29) is 5.75 Å². The summed E-state index contributed by atoms with van der Waals surface area (Å²) in [6.07, 6.45) is 5.81. The maximum absolute atomic E-state index is 12.5. The van der Waals surface area contributed by atoms with Crippen molar-refractivity contribution in [3.8, 4) is 16.9 Å². The fourth-order valence-electron chi connectivity index (χ4n) is 4.11. The zero-order valence-electron chi connectivity index (χ0n) is 19.0. The van der Waals surface area contributed by atoms with E-state index in [4.69, 9.17) is 4.74 Å². The van der Waals surface area contributed by atoms with Gasteiger partial charge < -0.3 is 9.72 Å². The number of fused-ring (bicyclic) bond motifs is 3. The summed E-state index contributed by atoms with van der Waals surface area (Å²) in [6.45, 7) is 4.89. The van der Waals surface area contributed by atoms with Crippen LogP contribution < -0.4 is 4.74 Å². The summed E-state index contributed by atoms with van der Waals surface area (Å²) in [4.78, 5) is 12.3. The predicted octanol–water partition coefficient (Wildman–Crippen LogP) is 4.55. The van der Waals surface area contributed by atoms with Crippen molar-refractivity contribution in [1.82, 2.24) is 24.7 Å². The van der Waals surface area contributed by atoms with Crippen LogP contribution in [0.25, 0.3) is 33.1 Å². The molecule has 0 radical (unpaired) electrons. The summed E-state index contributed by atoms with van der Waals surface area (Å²) in [5.41, 5.74) is 4.41. The SMILES string of the molecule is CCS(=O)(=O)c1cccc(-c2ccc(OCCCn3cncn3)c3[nH]c4ncc(C)cc4c23)c1. The highest BCUT2D eigenvalue weighted by atomic mass is 32.2. The number of aromatic nitrogens is 5. The molecule has 0 unspecified atom stereocenters. The monoisotopic (exact) mass is 475 g/mol. The molecule has 0 saturated heterocycles. The number of nitrogens with zero attached hydrogens (tertiary/aromatic N) is 4. The van der Waals surface area contributed by atoms with E-state index in [0.29, 0.717) is 18.0 Å². The summed E-state index contributed by atoms with van der Waals surface area (Å²) in [6, 6.07) is 13.1. The maximum atomic E-state index is 12.5. The molecule has 1 N–H and O–H groups in total. The van der Waals surface area contributed by atoms with Crippen molar-refractivity contribution >= 4 is 31.8 Å². The topological polar surface area (TPSA) is 103 Å². The van der Waals surface area contributed by atoms with Crippen molar-refractivity contribution in [3.05, 3.63) is 66.9 Å². The van der Waals surface area contributed by atoms with E-state index in [0.717, 1.165) is 50.8 Å². The van der Waals surface area contributed by atoms with Crippen LogP contribution in [-0.2, 0) is 16.4 Å². The van der Waals surface area contributed by atoms with E-state index in [9.17, 15) is 8.42 Å². The highest BCUT2D eigenvalue weighted by Crippen LogP contribution is 2.39. The number of nitrogens with one attached hydrogen (secondary N) is 1. The third-order valence-electron chi connectivity index (χ3n) is 5.84. The van der Waals surface area contributed by atoms with Crippen LogP contribution in [0.2, 0.25) is 0 Å². The van der Waals surface area contributed by atoms with Crippen LogP contribution in [0.4, 0.5) is 0 Å². The minimum Gasteiger partial charge on any atom is -0.491 e. The zero-order valence-corrected chi connectivity index (χ0v) is 19.8. The van der Waals surface area contributed by atoms with Crippen LogP contribution in [-0.4, -0.2) is 45.5 Å². The first-order valence-electron chi connectivity index (χ1n) is 11.2. The van der Waals surface area contributed by atoms with E-state index in [1.54, 1.807) is 36.1 Å². The number of hydrogen-bond donors (Lipinski definition) is 1. The van der Waals surface area contributed by atoms with Gasteiger partial charge in [-0.2, -0.15) is 5.10 Å². The van der Waals surface area contributed by atoms with E-state index >= 15 is 0 Å². The number of aryl methyl sites for hydroxylation is 2. The van der Waals surface area contributed by atoms with Gasteiger partial charge in [-0.1, -0.05) is 19.1 Å². The number of benzene rings is 2. The van der Waals surface area contributed by atoms with Gasteiger partial charge in [0, 0.05) is 29.9 Å². The van der Waals surface area contributed by atoms with Gasteiger partial charge in [-0.15, -0.1) is 0 Å². The number of hydrogen-bond acceptors (Lipinski definition) is 6. The van der Waals surface area contributed by atoms with E-state index in [2.05, 4.69) is 26.1 Å². The zero-order chi connectivity index (χ0) is 23.7. The third-order valence-corrected chi connectivity index (χ3v) is 7.58. The maximum Gasteiger partial charge on any atom is 0.178 e. The highest BCUT2D eigenvalue weighted by Gasteiger charge is 2.18. The second kappa shape index (κ2) is 8.90. The number of H-pyrrole nitrogens is 1. The van der Waals surface area contributed by atoms with Crippen LogP contribution in [0.3, 0.4) is 0 Å². The molecule has 0 atom stereocenters. The van der Waals surface area contributed by atoms with Gasteiger partial charge in [-0.05, 0) is 53.9 Å². The van der Waals surface area contributed by atoms with E-state index < -0.39 is 9.84 Å². The van der Waals surface area contributed by atoms with Crippen LogP contribution in [0, 0.1) is 6.92 Å². The van der Waals surface area contributed by atoms with Gasteiger partial charge in [-0.3, -0.25) is 4.68 Å². The second-order valence-corrected chi connectivity index (χ2v) is 10.5. The van der Waals surface area contributed by atoms with Crippen molar-refractivity contribution < 1.29 is 13.2 Å². The molecule has 0 aliphatic rings. The molecule has 0 spiro atoms. The number of ether oxygens (including phenoxy) is 1. The molecule has 0 aliphatic carbocycles. The molecule has 3 aromatic heterocycles. The summed E-state index contributed by atoms with van der Waals surface area (Å²) < 4.78 is 32.9. The lowest BCUT2D eigenvalue weighted by Gasteiger charge is -2.12. The summed E-state index contributed by atoms with van der Waals surface area (Å²) in [5.74, 6) is 0.786. The molecule has 9 heteroatoms. The third kappa shape index (κ3) is 4.14. The Morgan fingerprint density at radius 2 is 2.03 bits per heavy atom. The van der Waals surface area contributed by atoms with Crippen LogP contribution in [0.15, 0.2) is 66.2 Å². The van der Waals surface area contributed by atoms with Crippen molar-refractivity contribution in [2.75, 3.05) is 12.4 Å². The minimum absolute atomic E-state index is 0.0590. The summed E-state index contributed by atoms with van der Waals surface area (Å²) >= 11 is 0. The average Bonchev–Trinajstić information content (AvgIpc) is 3.50. The largest absolute Gasteiger partial charge is 0.491 e.